The predicted octanol–water partition coefficient (Wildman–Crippen LogP) is 3.20. The van der Waals surface area contributed by atoms with Crippen molar-refractivity contribution in [1.82, 2.24) is 5.32 Å². The summed E-state index contributed by atoms with van der Waals surface area (Å²) in [6.45, 7) is 4.59. The summed E-state index contributed by atoms with van der Waals surface area (Å²) in [6.07, 6.45) is 0. The van der Waals surface area contributed by atoms with Crippen LogP contribution in [0.5, 0.6) is 0 Å². The molecule has 116 valence electrons. The van der Waals surface area contributed by atoms with E-state index in [0.717, 1.165) is 56.9 Å². The van der Waals surface area contributed by atoms with E-state index >= 15 is 0 Å². The molecule has 0 fully saturated rings. The second-order valence-electron chi connectivity index (χ2n) is 5.54. The van der Waals surface area contributed by atoms with E-state index in [1.54, 1.807) is 11.3 Å². The molecule has 0 bridgehead atoms. The lowest BCUT2D eigenvalue weighted by Crippen LogP contribution is -2.19. The molecule has 1 aliphatic heterocycles. The number of nitrogens with one attached hydrogen (secondary N) is 2. The van der Waals surface area contributed by atoms with Crippen LogP contribution in [0.4, 0.5) is 5.69 Å². The van der Waals surface area contributed by atoms with Crippen LogP contribution in [0, 0.1) is 0 Å². The minimum Gasteiger partial charge on any atom is -0.385 e. The number of rotatable bonds is 3. The van der Waals surface area contributed by atoms with E-state index in [-0.39, 0.29) is 5.43 Å². The molecule has 0 amide bonds. The van der Waals surface area contributed by atoms with Gasteiger partial charge in [-0.3, -0.25) is 9.79 Å². The first kappa shape index (κ1) is 14.2. The van der Waals surface area contributed by atoms with Gasteiger partial charge in [0.15, 0.2) is 5.43 Å². The summed E-state index contributed by atoms with van der Waals surface area (Å²) >= 11 is 1.65. The Balaban J connectivity index is 1.92. The smallest absolute Gasteiger partial charge is 0.195 e. The van der Waals surface area contributed by atoms with E-state index in [9.17, 15) is 4.79 Å². The number of amidine groups is 1. The first-order valence-corrected chi connectivity index (χ1v) is 8.61. The molecular weight excluding hydrogens is 306 g/mol. The Bertz CT molecular complexity index is 991. The van der Waals surface area contributed by atoms with E-state index in [1.807, 2.05) is 37.3 Å². The highest BCUT2D eigenvalue weighted by Crippen LogP contribution is 2.27. The van der Waals surface area contributed by atoms with Gasteiger partial charge in [0, 0.05) is 44.5 Å². The Labute approximate surface area is 137 Å². The van der Waals surface area contributed by atoms with Gasteiger partial charge in [-0.05, 0) is 37.3 Å². The van der Waals surface area contributed by atoms with Crippen molar-refractivity contribution in [3.63, 3.8) is 0 Å². The van der Waals surface area contributed by atoms with E-state index in [1.165, 1.54) is 0 Å². The number of hydrogen-bond acceptors (Lipinski definition) is 5. The summed E-state index contributed by atoms with van der Waals surface area (Å²) in [6, 6.07) is 12.0. The summed E-state index contributed by atoms with van der Waals surface area (Å²) in [4.78, 5) is 17.3. The van der Waals surface area contributed by atoms with Crippen LogP contribution in [0.1, 0.15) is 12.5 Å². The van der Waals surface area contributed by atoms with Crippen molar-refractivity contribution >= 4 is 43.0 Å². The molecule has 0 spiro atoms. The Morgan fingerprint density at radius 3 is 2.87 bits per heavy atom. The normalized spacial score (nSPS) is 14.0. The summed E-state index contributed by atoms with van der Waals surface area (Å²) < 4.78 is 2.02. The number of anilines is 1. The maximum Gasteiger partial charge on any atom is 0.195 e. The molecule has 1 aromatic heterocycles. The zero-order valence-corrected chi connectivity index (χ0v) is 13.7. The molecule has 2 N–H and O–H groups in total. The van der Waals surface area contributed by atoms with Gasteiger partial charge in [0.1, 0.15) is 5.84 Å². The number of benzene rings is 2. The predicted molar refractivity (Wildman–Crippen MR) is 99.2 cm³/mol. The fourth-order valence-electron chi connectivity index (χ4n) is 2.91. The maximum absolute atomic E-state index is 12.8. The van der Waals surface area contributed by atoms with Crippen molar-refractivity contribution in [2.45, 2.75) is 6.92 Å². The van der Waals surface area contributed by atoms with Gasteiger partial charge in [0.05, 0.1) is 6.54 Å². The van der Waals surface area contributed by atoms with E-state index in [2.05, 4.69) is 21.7 Å². The third-order valence-electron chi connectivity index (χ3n) is 4.00. The molecule has 3 aromatic rings. The van der Waals surface area contributed by atoms with Gasteiger partial charge in [-0.15, -0.1) is 11.3 Å². The molecule has 4 nitrogen and oxygen atoms in total. The molecule has 0 atom stereocenters. The first-order chi connectivity index (χ1) is 11.3. The lowest BCUT2D eigenvalue weighted by Gasteiger charge is -2.07. The fourth-order valence-corrected chi connectivity index (χ4v) is 4.00. The molecule has 0 saturated carbocycles. The Morgan fingerprint density at radius 1 is 1.17 bits per heavy atom. The Morgan fingerprint density at radius 2 is 2.09 bits per heavy atom. The SMILES string of the molecule is CCNc1ccc2sc3cc(C4=NCCN4)ccc3c(=O)c2c1. The molecule has 0 radical (unpaired) electrons. The maximum atomic E-state index is 12.8. The topological polar surface area (TPSA) is 53.5 Å². The minimum absolute atomic E-state index is 0.0985. The van der Waals surface area contributed by atoms with Crippen molar-refractivity contribution in [1.29, 1.82) is 0 Å². The van der Waals surface area contributed by atoms with Crippen LogP contribution in [0.15, 0.2) is 46.2 Å². The average molecular weight is 323 g/mol. The molecule has 4 rings (SSSR count). The number of hydrogen-bond donors (Lipinski definition) is 2. The van der Waals surface area contributed by atoms with Gasteiger partial charge >= 0.3 is 0 Å². The van der Waals surface area contributed by atoms with Crippen LogP contribution >= 0.6 is 11.3 Å². The molecule has 1 aliphatic rings. The average Bonchev–Trinajstić information content (AvgIpc) is 3.10. The first-order valence-electron chi connectivity index (χ1n) is 7.79. The molecule has 0 aliphatic carbocycles. The van der Waals surface area contributed by atoms with E-state index in [0.29, 0.717) is 0 Å². The minimum atomic E-state index is 0.0985. The summed E-state index contributed by atoms with van der Waals surface area (Å²) in [5.74, 6) is 0.925. The van der Waals surface area contributed by atoms with Crippen molar-refractivity contribution in [3.05, 3.63) is 52.2 Å². The number of aliphatic imine (C=N–C) groups is 1. The van der Waals surface area contributed by atoms with Gasteiger partial charge in [-0.2, -0.15) is 0 Å². The van der Waals surface area contributed by atoms with Gasteiger partial charge in [0.2, 0.25) is 0 Å². The monoisotopic (exact) mass is 323 g/mol. The summed E-state index contributed by atoms with van der Waals surface area (Å²) in [5.41, 5.74) is 2.14. The summed E-state index contributed by atoms with van der Waals surface area (Å²) in [5, 5.41) is 8.10. The van der Waals surface area contributed by atoms with Crippen molar-refractivity contribution in [3.8, 4) is 0 Å². The van der Waals surface area contributed by atoms with Crippen molar-refractivity contribution in [2.75, 3.05) is 25.0 Å². The lowest BCUT2D eigenvalue weighted by molar-refractivity contribution is 0.960. The number of nitrogens with zero attached hydrogens (tertiary/aromatic N) is 1. The lowest BCUT2D eigenvalue weighted by atomic mass is 10.1. The quantitative estimate of drug-likeness (QED) is 0.728. The van der Waals surface area contributed by atoms with Gasteiger partial charge < -0.3 is 10.6 Å². The van der Waals surface area contributed by atoms with Crippen molar-refractivity contribution in [2.24, 2.45) is 4.99 Å². The standard InChI is InChI=1S/C18H17N3OS/c1-2-19-12-4-6-15-14(10-12)17(22)13-5-3-11(9-16(13)23-15)18-20-7-8-21-18/h3-6,9-10,19H,2,7-8H2,1H3,(H,20,21). The largest absolute Gasteiger partial charge is 0.385 e. The van der Waals surface area contributed by atoms with Crippen LogP contribution < -0.4 is 16.1 Å². The second kappa shape index (κ2) is 5.66. The summed E-state index contributed by atoms with van der Waals surface area (Å²) in [7, 11) is 0. The molecule has 23 heavy (non-hydrogen) atoms. The molecular formula is C18H17N3OS. The van der Waals surface area contributed by atoms with Gasteiger partial charge in [-0.1, -0.05) is 6.07 Å². The molecule has 2 heterocycles. The highest BCUT2D eigenvalue weighted by molar-refractivity contribution is 7.24. The third-order valence-corrected chi connectivity index (χ3v) is 5.13. The van der Waals surface area contributed by atoms with Crippen LogP contribution in [-0.2, 0) is 0 Å². The zero-order chi connectivity index (χ0) is 15.8. The van der Waals surface area contributed by atoms with Gasteiger partial charge in [0.25, 0.3) is 0 Å². The van der Waals surface area contributed by atoms with Crippen molar-refractivity contribution < 1.29 is 0 Å². The molecule has 0 saturated heterocycles. The zero-order valence-electron chi connectivity index (χ0n) is 12.8. The second-order valence-corrected chi connectivity index (χ2v) is 6.62. The Hall–Kier alpha value is -2.40. The van der Waals surface area contributed by atoms with E-state index in [4.69, 9.17) is 0 Å². The van der Waals surface area contributed by atoms with Crippen LogP contribution in [0.3, 0.4) is 0 Å². The van der Waals surface area contributed by atoms with Crippen LogP contribution in [-0.4, -0.2) is 25.5 Å². The third kappa shape index (κ3) is 2.47. The molecule has 2 aromatic carbocycles. The fraction of sp³-hybridized carbons (Fsp3) is 0.222. The highest BCUT2D eigenvalue weighted by atomic mass is 32.1. The highest BCUT2D eigenvalue weighted by Gasteiger charge is 2.11. The van der Waals surface area contributed by atoms with Crippen LogP contribution in [0.25, 0.3) is 20.2 Å². The van der Waals surface area contributed by atoms with E-state index < -0.39 is 0 Å². The molecule has 5 heteroatoms. The van der Waals surface area contributed by atoms with Gasteiger partial charge in [-0.25, -0.2) is 0 Å². The molecule has 0 unspecified atom stereocenters. The number of fused-ring (bicyclic) bond motifs is 2. The Kier molecular flexibility index (Phi) is 3.50. The van der Waals surface area contributed by atoms with Crippen LogP contribution in [0.2, 0.25) is 0 Å².